The predicted molar refractivity (Wildman–Crippen MR) is 95.1 cm³/mol. The lowest BCUT2D eigenvalue weighted by Crippen LogP contribution is -2.24. The van der Waals surface area contributed by atoms with Crippen LogP contribution in [0, 0.1) is 12.7 Å². The van der Waals surface area contributed by atoms with Crippen molar-refractivity contribution in [1.29, 1.82) is 0 Å². The molecule has 3 rings (SSSR count). The molecule has 0 fully saturated rings. The second-order valence-electron chi connectivity index (χ2n) is 5.46. The van der Waals surface area contributed by atoms with E-state index in [1.54, 1.807) is 18.5 Å². The van der Waals surface area contributed by atoms with Crippen molar-refractivity contribution < 1.29 is 9.18 Å². The van der Waals surface area contributed by atoms with Crippen LogP contribution in [0.5, 0.6) is 0 Å². The first-order valence-electron chi connectivity index (χ1n) is 7.73. The molecule has 3 aromatic rings. The summed E-state index contributed by atoms with van der Waals surface area (Å²) in [4.78, 5) is 12.0. The number of para-hydroxylation sites is 1. The summed E-state index contributed by atoms with van der Waals surface area (Å²) in [6, 6.07) is 14.0. The average molecular weight is 356 g/mol. The smallest absolute Gasteiger partial charge is 0.230 e. The topological polar surface area (TPSA) is 59.8 Å². The first-order valence-corrected chi connectivity index (χ1v) is 8.72. The van der Waals surface area contributed by atoms with Crippen LogP contribution in [-0.2, 0) is 11.3 Å². The van der Waals surface area contributed by atoms with Crippen LogP contribution in [-0.4, -0.2) is 26.4 Å². The maximum Gasteiger partial charge on any atom is 0.230 e. The number of carbonyl (C=O) groups excluding carboxylic acids is 1. The third-order valence-corrected chi connectivity index (χ3v) is 4.57. The van der Waals surface area contributed by atoms with Crippen molar-refractivity contribution in [3.63, 3.8) is 0 Å². The molecule has 0 aliphatic rings. The van der Waals surface area contributed by atoms with Crippen LogP contribution in [0.25, 0.3) is 5.69 Å². The molecule has 5 nitrogen and oxygen atoms in total. The van der Waals surface area contributed by atoms with Crippen molar-refractivity contribution in [2.45, 2.75) is 18.6 Å². The molecule has 0 spiro atoms. The number of aromatic nitrogens is 3. The molecule has 0 radical (unpaired) electrons. The number of nitrogens with zero attached hydrogens (tertiary/aromatic N) is 3. The molecule has 0 saturated carbocycles. The van der Waals surface area contributed by atoms with Gasteiger partial charge in [0.15, 0.2) is 5.16 Å². The Morgan fingerprint density at radius 2 is 1.96 bits per heavy atom. The van der Waals surface area contributed by atoms with Crippen molar-refractivity contribution in [3.8, 4) is 5.69 Å². The Kier molecular flexibility index (Phi) is 5.45. The number of hydrogen-bond donors (Lipinski definition) is 1. The molecule has 0 unspecified atom stereocenters. The molecule has 1 heterocycles. The van der Waals surface area contributed by atoms with Gasteiger partial charge in [0, 0.05) is 6.54 Å². The van der Waals surface area contributed by atoms with Crippen molar-refractivity contribution >= 4 is 17.7 Å². The number of aryl methyl sites for hydroxylation is 1. The first-order chi connectivity index (χ1) is 12.1. The van der Waals surface area contributed by atoms with Crippen LogP contribution in [0.2, 0.25) is 0 Å². The van der Waals surface area contributed by atoms with E-state index in [-0.39, 0.29) is 17.5 Å². The van der Waals surface area contributed by atoms with E-state index in [1.165, 1.54) is 23.9 Å². The van der Waals surface area contributed by atoms with Gasteiger partial charge < -0.3 is 5.32 Å². The minimum atomic E-state index is -0.291. The number of rotatable bonds is 6. The van der Waals surface area contributed by atoms with Gasteiger partial charge in [-0.1, -0.05) is 42.1 Å². The number of carbonyl (C=O) groups is 1. The van der Waals surface area contributed by atoms with E-state index in [0.717, 1.165) is 16.8 Å². The second-order valence-corrected chi connectivity index (χ2v) is 6.40. The first kappa shape index (κ1) is 17.2. The molecule has 128 valence electrons. The van der Waals surface area contributed by atoms with E-state index in [1.807, 2.05) is 35.8 Å². The maximum atomic E-state index is 12.9. The Labute approximate surface area is 149 Å². The summed E-state index contributed by atoms with van der Waals surface area (Å²) in [6.45, 7) is 2.38. The fraction of sp³-hybridized carbons (Fsp3) is 0.167. The molecule has 1 aromatic heterocycles. The fourth-order valence-corrected chi connectivity index (χ4v) is 3.06. The van der Waals surface area contributed by atoms with Gasteiger partial charge in [-0.3, -0.25) is 9.36 Å². The van der Waals surface area contributed by atoms with Crippen molar-refractivity contribution in [2.24, 2.45) is 0 Å². The summed E-state index contributed by atoms with van der Waals surface area (Å²) >= 11 is 1.32. The van der Waals surface area contributed by atoms with Crippen LogP contribution in [0.15, 0.2) is 60.0 Å². The summed E-state index contributed by atoms with van der Waals surface area (Å²) in [7, 11) is 0. The molecule has 0 saturated heterocycles. The maximum absolute atomic E-state index is 12.9. The van der Waals surface area contributed by atoms with E-state index >= 15 is 0 Å². The number of amides is 1. The number of benzene rings is 2. The van der Waals surface area contributed by atoms with Crippen molar-refractivity contribution in [3.05, 3.63) is 71.8 Å². The number of nitrogens with one attached hydrogen (secondary N) is 1. The van der Waals surface area contributed by atoms with Crippen LogP contribution in [0.1, 0.15) is 11.1 Å². The van der Waals surface area contributed by atoms with E-state index in [9.17, 15) is 9.18 Å². The molecule has 1 amide bonds. The van der Waals surface area contributed by atoms with Gasteiger partial charge in [0.1, 0.15) is 12.1 Å². The lowest BCUT2D eigenvalue weighted by Gasteiger charge is -2.09. The summed E-state index contributed by atoms with van der Waals surface area (Å²) < 4.78 is 14.7. The van der Waals surface area contributed by atoms with Gasteiger partial charge in [0.05, 0.1) is 11.4 Å². The molecule has 25 heavy (non-hydrogen) atoms. The normalized spacial score (nSPS) is 10.6. The largest absolute Gasteiger partial charge is 0.351 e. The number of hydrogen-bond acceptors (Lipinski definition) is 4. The third-order valence-electron chi connectivity index (χ3n) is 3.63. The van der Waals surface area contributed by atoms with Crippen LogP contribution >= 0.6 is 11.8 Å². The van der Waals surface area contributed by atoms with E-state index in [4.69, 9.17) is 0 Å². The number of halogens is 1. The lowest BCUT2D eigenvalue weighted by atomic mass is 10.2. The Morgan fingerprint density at radius 3 is 2.72 bits per heavy atom. The summed E-state index contributed by atoms with van der Waals surface area (Å²) in [5, 5.41) is 11.5. The highest BCUT2D eigenvalue weighted by molar-refractivity contribution is 7.99. The van der Waals surface area contributed by atoms with Crippen LogP contribution in [0.4, 0.5) is 4.39 Å². The standard InChI is InChI=1S/C18H17FN4OS/c1-13-4-2-3-5-16(13)23-12-21-22-18(23)25-11-17(24)20-10-14-6-8-15(19)9-7-14/h2-9,12H,10-11H2,1H3,(H,20,24). The van der Waals surface area contributed by atoms with Crippen LogP contribution in [0.3, 0.4) is 0 Å². The highest BCUT2D eigenvalue weighted by Gasteiger charge is 2.11. The minimum absolute atomic E-state index is 0.117. The Morgan fingerprint density at radius 1 is 1.20 bits per heavy atom. The van der Waals surface area contributed by atoms with Gasteiger partial charge in [-0.15, -0.1) is 10.2 Å². The summed E-state index contributed by atoms with van der Waals surface area (Å²) in [5.41, 5.74) is 2.94. The Balaban J connectivity index is 1.57. The van der Waals surface area contributed by atoms with Gasteiger partial charge in [-0.2, -0.15) is 0 Å². The zero-order valence-electron chi connectivity index (χ0n) is 13.6. The molecule has 0 aliphatic carbocycles. The second kappa shape index (κ2) is 7.94. The monoisotopic (exact) mass is 356 g/mol. The zero-order chi connectivity index (χ0) is 17.6. The molecular weight excluding hydrogens is 339 g/mol. The number of thioether (sulfide) groups is 1. The van der Waals surface area contributed by atoms with Crippen LogP contribution < -0.4 is 5.32 Å². The highest BCUT2D eigenvalue weighted by atomic mass is 32.2. The zero-order valence-corrected chi connectivity index (χ0v) is 14.5. The van der Waals surface area contributed by atoms with Gasteiger partial charge >= 0.3 is 0 Å². The Bertz CT molecular complexity index is 864. The Hall–Kier alpha value is -2.67. The van der Waals surface area contributed by atoms with Gasteiger partial charge in [-0.25, -0.2) is 4.39 Å². The summed E-state index contributed by atoms with van der Waals surface area (Å²) in [6.07, 6.45) is 1.64. The van der Waals surface area contributed by atoms with Gasteiger partial charge in [0.25, 0.3) is 0 Å². The molecule has 0 bridgehead atoms. The average Bonchev–Trinajstić information content (AvgIpc) is 3.08. The quantitative estimate of drug-likeness (QED) is 0.690. The van der Waals surface area contributed by atoms with Crippen molar-refractivity contribution in [2.75, 3.05) is 5.75 Å². The predicted octanol–water partition coefficient (Wildman–Crippen LogP) is 3.12. The summed E-state index contributed by atoms with van der Waals surface area (Å²) in [5.74, 6) is -0.180. The van der Waals surface area contributed by atoms with E-state index in [0.29, 0.717) is 11.7 Å². The minimum Gasteiger partial charge on any atom is -0.351 e. The van der Waals surface area contributed by atoms with E-state index in [2.05, 4.69) is 15.5 Å². The highest BCUT2D eigenvalue weighted by Crippen LogP contribution is 2.21. The fourth-order valence-electron chi connectivity index (χ4n) is 2.31. The SMILES string of the molecule is Cc1ccccc1-n1cnnc1SCC(=O)NCc1ccc(F)cc1. The molecule has 0 aliphatic heterocycles. The van der Waals surface area contributed by atoms with E-state index < -0.39 is 0 Å². The molecule has 1 N–H and O–H groups in total. The van der Waals surface area contributed by atoms with Crippen molar-refractivity contribution in [1.82, 2.24) is 20.1 Å². The molecular formula is C18H17FN4OS. The molecule has 0 atom stereocenters. The van der Waals surface area contributed by atoms with Gasteiger partial charge in [-0.05, 0) is 36.2 Å². The molecule has 7 heteroatoms. The third kappa shape index (κ3) is 4.45. The lowest BCUT2D eigenvalue weighted by molar-refractivity contribution is -0.118. The molecule has 2 aromatic carbocycles. The van der Waals surface area contributed by atoms with Gasteiger partial charge in [0.2, 0.25) is 5.91 Å².